The number of rotatable bonds is 21. The maximum atomic E-state index is 13.6. The number of nitrogen functional groups attached to an aromatic ring is 2. The van der Waals surface area contributed by atoms with Gasteiger partial charge in [-0.3, -0.25) is 51.4 Å². The van der Waals surface area contributed by atoms with Gasteiger partial charge in [-0.15, -0.1) is 0 Å². The highest BCUT2D eigenvalue weighted by Gasteiger charge is 2.54. The lowest BCUT2D eigenvalue weighted by Crippen LogP contribution is -2.45. The molecule has 6 unspecified atom stereocenters. The summed E-state index contributed by atoms with van der Waals surface area (Å²) in [6, 6.07) is 0.919. The van der Waals surface area contributed by atoms with Crippen LogP contribution in [0.3, 0.4) is 0 Å². The van der Waals surface area contributed by atoms with Gasteiger partial charge in [0.2, 0.25) is 11.7 Å². The van der Waals surface area contributed by atoms with Crippen LogP contribution in [0.15, 0.2) is 50.7 Å². The molecule has 0 aromatic carbocycles. The van der Waals surface area contributed by atoms with Gasteiger partial charge in [0.25, 0.3) is 17.1 Å². The zero-order valence-electron chi connectivity index (χ0n) is 38.1. The van der Waals surface area contributed by atoms with Crippen molar-refractivity contribution in [3.05, 3.63) is 72.9 Å². The summed E-state index contributed by atoms with van der Waals surface area (Å²) in [5.74, 6) is -1.64. The Hall–Kier alpha value is -5.27. The van der Waals surface area contributed by atoms with Gasteiger partial charge in [-0.25, -0.2) is 42.6 Å². The van der Waals surface area contributed by atoms with Crippen molar-refractivity contribution in [2.75, 3.05) is 44.9 Å². The predicted octanol–water partition coefficient (Wildman–Crippen LogP) is -3.31. The fourth-order valence-corrected chi connectivity index (χ4v) is 12.7. The molecule has 3 aliphatic heterocycles. The van der Waals surface area contributed by atoms with E-state index in [2.05, 4.69) is 43.6 Å². The van der Waals surface area contributed by atoms with Crippen LogP contribution >= 0.6 is 31.3 Å². The number of nitrogens with one attached hydrogen (secondary N) is 2. The van der Waals surface area contributed by atoms with E-state index >= 15 is 0 Å². The number of aliphatic hydroxyl groups excluding tert-OH is 3. The minimum absolute atomic E-state index is 0.00309. The van der Waals surface area contributed by atoms with E-state index in [0.717, 1.165) is 36.6 Å². The number of nitrogens with two attached hydrogens (primary N) is 2. The quantitative estimate of drug-likeness (QED) is 0.0113. The van der Waals surface area contributed by atoms with Gasteiger partial charge in [-0.05, 0) is 5.53 Å². The van der Waals surface area contributed by atoms with Crippen LogP contribution in [0.1, 0.15) is 18.7 Å². The molecule has 0 bridgehead atoms. The summed E-state index contributed by atoms with van der Waals surface area (Å²) in [5, 5.41) is 35.9. The lowest BCUT2D eigenvalue weighted by atomic mass is 9.98. The summed E-state index contributed by atoms with van der Waals surface area (Å²) < 4.78 is 109. The van der Waals surface area contributed by atoms with Crippen LogP contribution in [0.25, 0.3) is 32.8 Å². The summed E-state index contributed by atoms with van der Waals surface area (Å²) in [6.07, 6.45) is -13.9. The van der Waals surface area contributed by atoms with Gasteiger partial charge in [-0.2, -0.15) is 8.62 Å². The molecule has 16 atom stereocenters. The van der Waals surface area contributed by atoms with Crippen LogP contribution in [0.2, 0.25) is 0 Å². The molecule has 8 rings (SSSR count). The lowest BCUT2D eigenvalue weighted by Gasteiger charge is -2.26. The molecular formula is C32H44N15O24P4+. The number of aliphatic hydroxyl groups is 3. The highest BCUT2D eigenvalue weighted by molar-refractivity contribution is 7.66. The molecule has 5 aromatic heterocycles. The van der Waals surface area contributed by atoms with Crippen LogP contribution in [0.4, 0.5) is 11.8 Å². The molecule has 0 aliphatic carbocycles. The summed E-state index contributed by atoms with van der Waals surface area (Å²) in [7, 11) is -21.0. The maximum Gasteiger partial charge on any atom is 0.490 e. The number of ether oxygens (including phenoxy) is 4. The normalized spacial score (nSPS) is 30.2. The van der Waals surface area contributed by atoms with E-state index in [1.165, 1.54) is 27.1 Å². The standard InChI is InChI=1S/C32H43N15O24P4/c1-44-11-47(26-18(44)27(52)42-31(34)41-26)28-19(49)12(5-39-43-35)13(66-28)6-64-73(56,57)70-75(60,61)71-74(58,59)65-8-15-22(23(62-2)30(68-15)46-10-38-17-24(33)36-9-37-25(17)46)69-72(54,55)63-7-14-20(50)21(51)29(67-14)45-4-3-16(48)40-32(45)53/h3-4,9-15,19-23,28-30,49-51H,5-8H2,1-2H3,(H9-,33,34,36,37,40,41,42,48,52,53,54,55,56,57,58,59,60,61)/p+1/t12?,13-,14-,15?,19-,20-,21-,22-,23-,28-,29-,30-/m1/s1. The fraction of sp³-hybridized carbons (Fsp3) is 0.562. The Bertz CT molecular complexity index is 3390. The number of aromatic nitrogens is 10. The fourth-order valence-electron chi connectivity index (χ4n) is 8.23. The number of phosphoric ester groups is 3. The first-order chi connectivity index (χ1) is 35.2. The van der Waals surface area contributed by atoms with E-state index in [-0.39, 0.29) is 34.1 Å². The maximum absolute atomic E-state index is 13.6. The molecule has 8 heterocycles. The number of aromatic amines is 2. The smallest absolute Gasteiger partial charge is 0.387 e. The summed E-state index contributed by atoms with van der Waals surface area (Å²) in [4.78, 5) is 102. The SMILES string of the molecule is CO[C@@H]1[C@H](OP(=O)(O)OC[C@H]2O[C@@H](n3ccc(=O)[nH]c3=O)[C@H](O)[C@@H]2O)C(COP(=O)(O)OP(=O)(O)OP(=O)(O)OC[C@H]2O[C@@H]([n+]3cn(C)c4c(=O)[nH]c(N)nc43)[C@H](O)C2CN=[N+]=[N-])O[C@H]1n1cnc2c(N)ncnc21. The Morgan fingerprint density at radius 1 is 0.827 bits per heavy atom. The van der Waals surface area contributed by atoms with Gasteiger partial charge in [0.05, 0.1) is 39.3 Å². The van der Waals surface area contributed by atoms with E-state index in [1.807, 2.05) is 4.98 Å². The number of aryl methyl sites for hydroxylation is 1. The Kier molecular flexibility index (Phi) is 16.1. The number of anilines is 2. The average molecular weight is 1150 g/mol. The molecule has 0 saturated carbocycles. The third-order valence-corrected chi connectivity index (χ3v) is 16.7. The van der Waals surface area contributed by atoms with E-state index in [0.29, 0.717) is 0 Å². The Morgan fingerprint density at radius 3 is 2.15 bits per heavy atom. The van der Waals surface area contributed by atoms with Crippen molar-refractivity contribution in [1.29, 1.82) is 0 Å². The number of methoxy groups -OCH3 is 1. The monoisotopic (exact) mass is 1150 g/mol. The zero-order chi connectivity index (χ0) is 54.5. The number of phosphoric acid groups is 4. The van der Waals surface area contributed by atoms with Crippen molar-refractivity contribution in [3.8, 4) is 0 Å². The summed E-state index contributed by atoms with van der Waals surface area (Å²) >= 11 is 0. The van der Waals surface area contributed by atoms with Crippen LogP contribution in [-0.2, 0) is 71.0 Å². The van der Waals surface area contributed by atoms with Crippen LogP contribution < -0.4 is 32.8 Å². The largest absolute Gasteiger partial charge is 0.490 e. The molecule has 75 heavy (non-hydrogen) atoms. The molecule has 0 radical (unpaired) electrons. The highest BCUT2D eigenvalue weighted by atomic mass is 31.3. The van der Waals surface area contributed by atoms with E-state index in [1.54, 1.807) is 0 Å². The number of imidazole rings is 2. The van der Waals surface area contributed by atoms with Crippen molar-refractivity contribution in [2.24, 2.45) is 18.1 Å². The molecule has 410 valence electrons. The highest BCUT2D eigenvalue weighted by Crippen LogP contribution is 2.68. The van der Waals surface area contributed by atoms with Crippen LogP contribution in [-0.4, -0.2) is 161 Å². The molecule has 0 spiro atoms. The number of nitrogens with zero attached hydrogens (tertiary/aromatic N) is 11. The zero-order valence-corrected chi connectivity index (χ0v) is 41.7. The van der Waals surface area contributed by atoms with E-state index in [4.69, 9.17) is 54.0 Å². The second kappa shape index (κ2) is 21.6. The lowest BCUT2D eigenvalue weighted by molar-refractivity contribution is -0.745. The number of azide groups is 1. The van der Waals surface area contributed by atoms with Gasteiger partial charge in [0.1, 0.15) is 54.6 Å². The van der Waals surface area contributed by atoms with Crippen LogP contribution in [0.5, 0.6) is 0 Å². The molecule has 5 aromatic rings. The molecule has 13 N–H and O–H groups in total. The van der Waals surface area contributed by atoms with E-state index < -0.39 is 148 Å². The molecule has 3 aliphatic rings. The molecule has 3 saturated heterocycles. The Morgan fingerprint density at radius 2 is 1.48 bits per heavy atom. The Labute approximate surface area is 415 Å². The number of hydrogen-bond donors (Lipinski definition) is 11. The number of hydrogen-bond acceptors (Lipinski definition) is 27. The van der Waals surface area contributed by atoms with Crippen molar-refractivity contribution in [2.45, 2.75) is 67.5 Å². The Balaban J connectivity index is 0.944. The number of fused-ring (bicyclic) bond motifs is 2. The summed E-state index contributed by atoms with van der Waals surface area (Å²) in [6.45, 7) is -3.88. The molecule has 43 heteroatoms. The molecule has 3 fully saturated rings. The van der Waals surface area contributed by atoms with E-state index in [9.17, 15) is 67.5 Å². The molecule has 39 nitrogen and oxygen atoms in total. The van der Waals surface area contributed by atoms with Crippen molar-refractivity contribution >= 4 is 65.4 Å². The predicted molar refractivity (Wildman–Crippen MR) is 239 cm³/mol. The van der Waals surface area contributed by atoms with Gasteiger partial charge in [0, 0.05) is 36.7 Å². The minimum atomic E-state index is -6.22. The first-order valence-corrected chi connectivity index (χ1v) is 27.1. The van der Waals surface area contributed by atoms with Gasteiger partial charge >= 0.3 is 42.6 Å². The van der Waals surface area contributed by atoms with Gasteiger partial charge < -0.3 is 65.3 Å². The van der Waals surface area contributed by atoms with Crippen molar-refractivity contribution in [3.63, 3.8) is 0 Å². The second-order valence-corrected chi connectivity index (χ2v) is 22.3. The first-order valence-electron chi connectivity index (χ1n) is 21.1. The average Bonchev–Trinajstić information content (AvgIpc) is 4.12. The third-order valence-electron chi connectivity index (χ3n) is 11.5. The molecule has 0 amide bonds. The number of H-pyrrole nitrogens is 2. The van der Waals surface area contributed by atoms with Crippen molar-refractivity contribution in [1.82, 2.24) is 43.6 Å². The first kappa shape index (κ1) is 55.9. The van der Waals surface area contributed by atoms with Crippen molar-refractivity contribution < 1.29 is 103 Å². The van der Waals surface area contributed by atoms with Crippen LogP contribution in [0, 0.1) is 5.92 Å². The molecular weight excluding hydrogens is 1100 g/mol. The second-order valence-electron chi connectivity index (χ2n) is 16.3. The third kappa shape index (κ3) is 12.0. The van der Waals surface area contributed by atoms with Gasteiger partial charge in [-0.1, -0.05) is 10.1 Å². The van der Waals surface area contributed by atoms with Gasteiger partial charge in [0.15, 0.2) is 30.2 Å². The minimum Gasteiger partial charge on any atom is -0.387 e. The topological polar surface area (TPSA) is 556 Å². The summed E-state index contributed by atoms with van der Waals surface area (Å²) in [5.41, 5.74) is 18.0.